The van der Waals surface area contributed by atoms with Gasteiger partial charge in [0.15, 0.2) is 0 Å². The van der Waals surface area contributed by atoms with Crippen molar-refractivity contribution < 1.29 is 9.32 Å². The zero-order valence-electron chi connectivity index (χ0n) is 15.1. The minimum atomic E-state index is -0.247. The monoisotopic (exact) mass is 350 g/mol. The van der Waals surface area contributed by atoms with E-state index in [0.717, 1.165) is 5.56 Å². The molecule has 0 aliphatic rings. The lowest BCUT2D eigenvalue weighted by Crippen LogP contribution is -2.13. The molecule has 0 saturated heterocycles. The predicted molar refractivity (Wildman–Crippen MR) is 102 cm³/mol. The van der Waals surface area contributed by atoms with E-state index in [1.165, 1.54) is 0 Å². The highest BCUT2D eigenvalue weighted by molar-refractivity contribution is 6.06. The highest BCUT2D eigenvalue weighted by Crippen LogP contribution is 2.23. The summed E-state index contributed by atoms with van der Waals surface area (Å²) in [7, 11) is 0. The quantitative estimate of drug-likeness (QED) is 0.689. The van der Waals surface area contributed by atoms with Crippen LogP contribution in [0.25, 0.3) is 11.4 Å². The van der Waals surface area contributed by atoms with E-state index in [1.807, 2.05) is 18.2 Å². The number of rotatable bonds is 4. The number of nitrogens with zero attached hydrogens (tertiary/aromatic N) is 2. The lowest BCUT2D eigenvalue weighted by Gasteiger charge is -2.13. The molecule has 3 aromatic rings. The number of nitrogens with two attached hydrogens (primary N) is 1. The number of anilines is 2. The summed E-state index contributed by atoms with van der Waals surface area (Å²) in [5.74, 6) is 0.806. The Bertz CT molecular complexity index is 925. The van der Waals surface area contributed by atoms with E-state index in [1.54, 1.807) is 30.3 Å². The van der Waals surface area contributed by atoms with E-state index in [4.69, 9.17) is 10.3 Å². The van der Waals surface area contributed by atoms with Gasteiger partial charge in [0.05, 0.1) is 11.4 Å². The zero-order valence-corrected chi connectivity index (χ0v) is 15.1. The number of nitrogens with one attached hydrogen (secondary N) is 1. The van der Waals surface area contributed by atoms with E-state index in [2.05, 4.69) is 36.2 Å². The fourth-order valence-electron chi connectivity index (χ4n) is 2.50. The van der Waals surface area contributed by atoms with Crippen LogP contribution in [-0.2, 0) is 6.42 Å². The molecule has 0 unspecified atom stereocenters. The first-order valence-electron chi connectivity index (χ1n) is 8.41. The van der Waals surface area contributed by atoms with Crippen LogP contribution in [0.15, 0.2) is 53.1 Å². The number of carbonyl (C=O) groups excluding carboxylic acids is 1. The van der Waals surface area contributed by atoms with Crippen LogP contribution in [0.2, 0.25) is 0 Å². The van der Waals surface area contributed by atoms with Crippen LogP contribution in [0.1, 0.15) is 37.0 Å². The van der Waals surface area contributed by atoms with Crippen LogP contribution in [-0.4, -0.2) is 16.0 Å². The average molecular weight is 350 g/mol. The largest absolute Gasteiger partial charge is 0.397 e. The number of aromatic nitrogens is 2. The number of para-hydroxylation sites is 2. The fourth-order valence-corrected chi connectivity index (χ4v) is 2.50. The fraction of sp³-hybridized carbons (Fsp3) is 0.250. The molecule has 6 heteroatoms. The van der Waals surface area contributed by atoms with Crippen molar-refractivity contribution >= 4 is 17.3 Å². The van der Waals surface area contributed by atoms with Gasteiger partial charge in [-0.3, -0.25) is 4.79 Å². The van der Waals surface area contributed by atoms with Crippen molar-refractivity contribution in [2.24, 2.45) is 5.41 Å². The first kappa shape index (κ1) is 17.7. The molecule has 3 N–H and O–H groups in total. The first-order chi connectivity index (χ1) is 12.3. The molecule has 0 spiro atoms. The van der Waals surface area contributed by atoms with Gasteiger partial charge in [0.25, 0.3) is 5.91 Å². The topological polar surface area (TPSA) is 94.0 Å². The zero-order chi connectivity index (χ0) is 18.7. The maximum atomic E-state index is 12.5. The third kappa shape index (κ3) is 4.27. The van der Waals surface area contributed by atoms with Crippen molar-refractivity contribution in [2.75, 3.05) is 11.1 Å². The Hall–Kier alpha value is -3.15. The Morgan fingerprint density at radius 1 is 1.15 bits per heavy atom. The molecule has 0 aliphatic heterocycles. The molecular formula is C20H22N4O2. The molecular weight excluding hydrogens is 328 g/mol. The van der Waals surface area contributed by atoms with Gasteiger partial charge in [0.2, 0.25) is 11.7 Å². The van der Waals surface area contributed by atoms with Gasteiger partial charge in [-0.05, 0) is 29.7 Å². The summed E-state index contributed by atoms with van der Waals surface area (Å²) in [6.45, 7) is 6.32. The van der Waals surface area contributed by atoms with Crippen LogP contribution in [0, 0.1) is 5.41 Å². The second kappa shape index (κ2) is 7.00. The van der Waals surface area contributed by atoms with Crippen LogP contribution in [0.3, 0.4) is 0 Å². The number of hydrogen-bond acceptors (Lipinski definition) is 5. The van der Waals surface area contributed by atoms with Crippen LogP contribution < -0.4 is 11.1 Å². The van der Waals surface area contributed by atoms with E-state index in [0.29, 0.717) is 35.1 Å². The minimum Gasteiger partial charge on any atom is -0.397 e. The van der Waals surface area contributed by atoms with Crippen molar-refractivity contribution in [3.63, 3.8) is 0 Å². The van der Waals surface area contributed by atoms with E-state index >= 15 is 0 Å². The molecule has 1 amide bonds. The Morgan fingerprint density at radius 2 is 1.92 bits per heavy atom. The van der Waals surface area contributed by atoms with Crippen molar-refractivity contribution in [3.8, 4) is 11.4 Å². The Labute approximate surface area is 152 Å². The number of amides is 1. The highest BCUT2D eigenvalue weighted by atomic mass is 16.5. The van der Waals surface area contributed by atoms with E-state index < -0.39 is 0 Å². The van der Waals surface area contributed by atoms with Crippen LogP contribution in [0.4, 0.5) is 11.4 Å². The number of nitrogen functional groups attached to an aromatic ring is 1. The molecule has 6 nitrogen and oxygen atoms in total. The molecule has 0 aliphatic carbocycles. The lowest BCUT2D eigenvalue weighted by molar-refractivity contribution is 0.102. The Kier molecular flexibility index (Phi) is 4.75. The summed E-state index contributed by atoms with van der Waals surface area (Å²) in [4.78, 5) is 16.9. The van der Waals surface area contributed by atoms with Crippen LogP contribution in [0.5, 0.6) is 0 Å². The van der Waals surface area contributed by atoms with Crippen molar-refractivity contribution in [3.05, 3.63) is 60.0 Å². The molecule has 26 heavy (non-hydrogen) atoms. The van der Waals surface area contributed by atoms with Gasteiger partial charge in [-0.25, -0.2) is 0 Å². The maximum absolute atomic E-state index is 12.5. The summed E-state index contributed by atoms with van der Waals surface area (Å²) < 4.78 is 5.33. The smallest absolute Gasteiger partial charge is 0.255 e. The molecule has 0 radical (unpaired) electrons. The molecule has 1 aromatic heterocycles. The second-order valence-corrected chi connectivity index (χ2v) is 7.37. The summed E-state index contributed by atoms with van der Waals surface area (Å²) in [6.07, 6.45) is 0.688. The van der Waals surface area contributed by atoms with Gasteiger partial charge in [-0.1, -0.05) is 50.2 Å². The first-order valence-corrected chi connectivity index (χ1v) is 8.41. The summed E-state index contributed by atoms with van der Waals surface area (Å²) in [5.41, 5.74) is 8.24. The molecule has 134 valence electrons. The maximum Gasteiger partial charge on any atom is 0.255 e. The third-order valence-electron chi connectivity index (χ3n) is 3.74. The van der Waals surface area contributed by atoms with Gasteiger partial charge in [-0.2, -0.15) is 4.98 Å². The summed E-state index contributed by atoms with van der Waals surface area (Å²) in [5, 5.41) is 6.84. The molecule has 2 aromatic carbocycles. The van der Waals surface area contributed by atoms with Crippen molar-refractivity contribution in [2.45, 2.75) is 27.2 Å². The number of benzene rings is 2. The standard InChI is InChI=1S/C20H22N4O2/c1-20(2,3)12-17-23-18(24-26-17)13-7-6-8-14(11-13)19(25)22-16-10-5-4-9-15(16)21/h4-11H,12,21H2,1-3H3,(H,22,25). The predicted octanol–water partition coefficient (Wildman–Crippen LogP) is 4.16. The van der Waals surface area contributed by atoms with Gasteiger partial charge < -0.3 is 15.6 Å². The average Bonchev–Trinajstić information content (AvgIpc) is 3.03. The molecule has 0 bridgehead atoms. The second-order valence-electron chi connectivity index (χ2n) is 7.37. The van der Waals surface area contributed by atoms with Gasteiger partial charge in [-0.15, -0.1) is 0 Å². The minimum absolute atomic E-state index is 0.0567. The highest BCUT2D eigenvalue weighted by Gasteiger charge is 2.18. The normalized spacial score (nSPS) is 11.3. The SMILES string of the molecule is CC(C)(C)Cc1nc(-c2cccc(C(=O)Nc3ccccc3N)c2)no1. The third-order valence-corrected chi connectivity index (χ3v) is 3.74. The molecule has 3 rings (SSSR count). The molecule has 0 fully saturated rings. The number of hydrogen-bond donors (Lipinski definition) is 2. The Morgan fingerprint density at radius 3 is 2.65 bits per heavy atom. The lowest BCUT2D eigenvalue weighted by atomic mass is 9.92. The van der Waals surface area contributed by atoms with E-state index in [-0.39, 0.29) is 11.3 Å². The molecule has 0 saturated carbocycles. The van der Waals surface area contributed by atoms with Crippen molar-refractivity contribution in [1.82, 2.24) is 10.1 Å². The van der Waals surface area contributed by atoms with Crippen LogP contribution >= 0.6 is 0 Å². The van der Waals surface area contributed by atoms with E-state index in [9.17, 15) is 4.79 Å². The summed E-state index contributed by atoms with van der Waals surface area (Å²) >= 11 is 0. The van der Waals surface area contributed by atoms with Gasteiger partial charge in [0.1, 0.15) is 0 Å². The molecule has 1 heterocycles. The summed E-state index contributed by atoms with van der Waals surface area (Å²) in [6, 6.07) is 14.2. The van der Waals surface area contributed by atoms with Gasteiger partial charge in [0, 0.05) is 17.5 Å². The number of carbonyl (C=O) groups is 1. The Balaban J connectivity index is 1.80. The van der Waals surface area contributed by atoms with Crippen molar-refractivity contribution in [1.29, 1.82) is 0 Å². The molecule has 0 atom stereocenters. The van der Waals surface area contributed by atoms with Gasteiger partial charge >= 0.3 is 0 Å².